The zero-order valence-electron chi connectivity index (χ0n) is 18.3. The molecular formula is C22H39IN4O. The molecule has 2 N–H and O–H groups in total. The first-order valence-corrected chi connectivity index (χ1v) is 10.5. The average molecular weight is 502 g/mol. The van der Waals surface area contributed by atoms with Crippen LogP contribution in [0.25, 0.3) is 0 Å². The molecule has 0 bridgehead atoms. The van der Waals surface area contributed by atoms with E-state index in [-0.39, 0.29) is 30.1 Å². The molecule has 6 heteroatoms. The SMILES string of the molecule is CCNC(=NCc1ccc(C)cc1OC(C)CC)NCC1CCN(C)CC1.I. The Morgan fingerprint density at radius 2 is 1.96 bits per heavy atom. The van der Waals surface area contributed by atoms with Crippen LogP contribution in [0.5, 0.6) is 5.75 Å². The van der Waals surface area contributed by atoms with E-state index in [4.69, 9.17) is 9.73 Å². The predicted octanol–water partition coefficient (Wildman–Crippen LogP) is 4.19. The van der Waals surface area contributed by atoms with E-state index in [1.807, 2.05) is 0 Å². The summed E-state index contributed by atoms with van der Waals surface area (Å²) < 4.78 is 6.12. The molecule has 1 fully saturated rings. The second kappa shape index (κ2) is 13.2. The lowest BCUT2D eigenvalue weighted by Crippen LogP contribution is -2.42. The van der Waals surface area contributed by atoms with Crippen LogP contribution < -0.4 is 15.4 Å². The lowest BCUT2D eigenvalue weighted by molar-refractivity contribution is 0.215. The zero-order chi connectivity index (χ0) is 19.6. The molecule has 5 nitrogen and oxygen atoms in total. The van der Waals surface area contributed by atoms with Crippen molar-refractivity contribution in [1.29, 1.82) is 0 Å². The van der Waals surface area contributed by atoms with E-state index >= 15 is 0 Å². The lowest BCUT2D eigenvalue weighted by atomic mass is 9.97. The Kier molecular flexibility index (Phi) is 11.8. The van der Waals surface area contributed by atoms with E-state index in [1.165, 1.54) is 31.5 Å². The summed E-state index contributed by atoms with van der Waals surface area (Å²) in [5.41, 5.74) is 2.35. The van der Waals surface area contributed by atoms with Crippen LogP contribution >= 0.6 is 24.0 Å². The number of nitrogens with one attached hydrogen (secondary N) is 2. The molecule has 1 atom stereocenters. The van der Waals surface area contributed by atoms with E-state index in [0.717, 1.165) is 42.7 Å². The standard InChI is InChI=1S/C22H38N4O.HI/c1-6-18(4)27-21-14-17(3)8-9-20(21)16-25-22(23-7-2)24-15-19-10-12-26(5)13-11-19;/h8-9,14,18-19H,6-7,10-13,15-16H2,1-5H3,(H2,23,24,25);1H. The van der Waals surface area contributed by atoms with E-state index in [2.05, 4.69) is 68.5 Å². The van der Waals surface area contributed by atoms with Crippen molar-refractivity contribution >= 4 is 29.9 Å². The number of aryl methyl sites for hydroxylation is 1. The van der Waals surface area contributed by atoms with Crippen LogP contribution in [-0.2, 0) is 6.54 Å². The maximum absolute atomic E-state index is 6.12. The minimum absolute atomic E-state index is 0. The second-order valence-corrected chi connectivity index (χ2v) is 7.77. The van der Waals surface area contributed by atoms with Crippen LogP contribution in [0.4, 0.5) is 0 Å². The minimum Gasteiger partial charge on any atom is -0.490 e. The first-order chi connectivity index (χ1) is 13.0. The Morgan fingerprint density at radius 3 is 2.61 bits per heavy atom. The molecule has 1 unspecified atom stereocenters. The zero-order valence-corrected chi connectivity index (χ0v) is 20.6. The Bertz CT molecular complexity index is 600. The monoisotopic (exact) mass is 502 g/mol. The number of guanidine groups is 1. The van der Waals surface area contributed by atoms with Crippen LogP contribution in [0.2, 0.25) is 0 Å². The van der Waals surface area contributed by atoms with Gasteiger partial charge in [0.25, 0.3) is 0 Å². The molecule has 0 radical (unpaired) electrons. The Hall–Kier alpha value is -1.02. The summed E-state index contributed by atoms with van der Waals surface area (Å²) in [6.45, 7) is 13.3. The highest BCUT2D eigenvalue weighted by Gasteiger charge is 2.16. The van der Waals surface area contributed by atoms with Crippen molar-refractivity contribution in [1.82, 2.24) is 15.5 Å². The third-order valence-corrected chi connectivity index (χ3v) is 5.27. The quantitative estimate of drug-likeness (QED) is 0.318. The van der Waals surface area contributed by atoms with Crippen molar-refractivity contribution in [3.8, 4) is 5.75 Å². The summed E-state index contributed by atoms with van der Waals surface area (Å²) in [5, 5.41) is 6.91. The Morgan fingerprint density at radius 1 is 1.25 bits per heavy atom. The second-order valence-electron chi connectivity index (χ2n) is 7.77. The van der Waals surface area contributed by atoms with Gasteiger partial charge in [-0.3, -0.25) is 0 Å². The molecule has 1 aliphatic heterocycles. The average Bonchev–Trinajstić information content (AvgIpc) is 2.66. The van der Waals surface area contributed by atoms with Gasteiger partial charge in [-0.05, 0) is 77.7 Å². The number of rotatable bonds is 8. The molecule has 2 rings (SSSR count). The maximum Gasteiger partial charge on any atom is 0.191 e. The fraction of sp³-hybridized carbons (Fsp3) is 0.682. The highest BCUT2D eigenvalue weighted by Crippen LogP contribution is 2.23. The Balaban J connectivity index is 0.00000392. The maximum atomic E-state index is 6.12. The smallest absolute Gasteiger partial charge is 0.191 e. The summed E-state index contributed by atoms with van der Waals surface area (Å²) in [6, 6.07) is 6.39. The van der Waals surface area contributed by atoms with Crippen LogP contribution in [0.3, 0.4) is 0 Å². The third kappa shape index (κ3) is 8.55. The number of ether oxygens (including phenoxy) is 1. The molecule has 0 aromatic heterocycles. The summed E-state index contributed by atoms with van der Waals surface area (Å²) in [4.78, 5) is 7.22. The van der Waals surface area contributed by atoms with E-state index < -0.39 is 0 Å². The number of piperidine rings is 1. The molecule has 0 amide bonds. The molecule has 0 aliphatic carbocycles. The van der Waals surface area contributed by atoms with E-state index in [1.54, 1.807) is 0 Å². The fourth-order valence-corrected chi connectivity index (χ4v) is 3.22. The van der Waals surface area contributed by atoms with Gasteiger partial charge in [0.05, 0.1) is 12.6 Å². The van der Waals surface area contributed by atoms with Gasteiger partial charge >= 0.3 is 0 Å². The van der Waals surface area contributed by atoms with Gasteiger partial charge in [-0.2, -0.15) is 0 Å². The topological polar surface area (TPSA) is 48.9 Å². The molecule has 1 aliphatic rings. The van der Waals surface area contributed by atoms with Gasteiger partial charge in [0.15, 0.2) is 5.96 Å². The van der Waals surface area contributed by atoms with Gasteiger partial charge in [0.2, 0.25) is 0 Å². The van der Waals surface area contributed by atoms with Crippen molar-refractivity contribution in [3.63, 3.8) is 0 Å². The highest BCUT2D eigenvalue weighted by atomic mass is 127. The number of nitrogens with zero attached hydrogens (tertiary/aromatic N) is 2. The normalized spacial score (nSPS) is 17.0. The molecule has 160 valence electrons. The molecule has 1 aromatic carbocycles. The summed E-state index contributed by atoms with van der Waals surface area (Å²) in [5.74, 6) is 2.58. The molecule has 28 heavy (non-hydrogen) atoms. The van der Waals surface area contributed by atoms with E-state index in [0.29, 0.717) is 6.54 Å². The van der Waals surface area contributed by atoms with Gasteiger partial charge in [0.1, 0.15) is 5.75 Å². The van der Waals surface area contributed by atoms with Crippen molar-refractivity contribution < 1.29 is 4.74 Å². The fourth-order valence-electron chi connectivity index (χ4n) is 3.22. The number of benzene rings is 1. The van der Waals surface area contributed by atoms with Crippen LogP contribution in [0, 0.1) is 12.8 Å². The largest absolute Gasteiger partial charge is 0.490 e. The summed E-state index contributed by atoms with van der Waals surface area (Å²) in [7, 11) is 2.20. The molecule has 1 aromatic rings. The molecule has 0 saturated carbocycles. The van der Waals surface area contributed by atoms with Crippen LogP contribution in [0.1, 0.15) is 51.2 Å². The van der Waals surface area contributed by atoms with Crippen LogP contribution in [-0.4, -0.2) is 50.2 Å². The molecular weight excluding hydrogens is 463 g/mol. The Labute approximate surface area is 188 Å². The summed E-state index contributed by atoms with van der Waals surface area (Å²) in [6.07, 6.45) is 3.73. The van der Waals surface area contributed by atoms with Gasteiger partial charge in [-0.15, -0.1) is 24.0 Å². The number of hydrogen-bond donors (Lipinski definition) is 2. The van der Waals surface area contributed by atoms with E-state index in [9.17, 15) is 0 Å². The van der Waals surface area contributed by atoms with Gasteiger partial charge in [-0.1, -0.05) is 19.1 Å². The number of halogens is 1. The molecule has 1 heterocycles. The van der Waals surface area contributed by atoms with Crippen LogP contribution in [0.15, 0.2) is 23.2 Å². The third-order valence-electron chi connectivity index (χ3n) is 5.27. The van der Waals surface area contributed by atoms with Crippen molar-refractivity contribution in [3.05, 3.63) is 29.3 Å². The predicted molar refractivity (Wildman–Crippen MR) is 130 cm³/mol. The minimum atomic E-state index is 0. The molecule has 1 saturated heterocycles. The molecule has 0 spiro atoms. The first-order valence-electron chi connectivity index (χ1n) is 10.5. The van der Waals surface area contributed by atoms with Crippen molar-refractivity contribution in [2.24, 2.45) is 10.9 Å². The van der Waals surface area contributed by atoms with Crippen molar-refractivity contribution in [2.45, 2.75) is 59.6 Å². The first kappa shape index (κ1) is 25.0. The lowest BCUT2D eigenvalue weighted by Gasteiger charge is -2.29. The van der Waals surface area contributed by atoms with Crippen molar-refractivity contribution in [2.75, 3.05) is 33.2 Å². The number of likely N-dealkylation sites (tertiary alicyclic amines) is 1. The highest BCUT2D eigenvalue weighted by molar-refractivity contribution is 14.0. The van der Waals surface area contributed by atoms with Gasteiger partial charge < -0.3 is 20.3 Å². The number of hydrogen-bond acceptors (Lipinski definition) is 3. The summed E-state index contributed by atoms with van der Waals surface area (Å²) >= 11 is 0. The van der Waals surface area contributed by atoms with Gasteiger partial charge in [-0.25, -0.2) is 4.99 Å². The van der Waals surface area contributed by atoms with Gasteiger partial charge in [0, 0.05) is 18.7 Å². The number of aliphatic imine (C=N–C) groups is 1.